The van der Waals surface area contributed by atoms with Crippen LogP contribution < -0.4 is 0 Å². The van der Waals surface area contributed by atoms with Crippen LogP contribution in [0.15, 0.2) is 4.99 Å². The van der Waals surface area contributed by atoms with Crippen molar-refractivity contribution in [1.82, 2.24) is 0 Å². The molecule has 52 valence electrons. The van der Waals surface area contributed by atoms with Crippen LogP contribution in [0, 0.1) is 0 Å². The van der Waals surface area contributed by atoms with Crippen LogP contribution in [0.25, 0.3) is 0 Å². The number of nitrogens with zero attached hydrogens (tertiary/aromatic N) is 1. The lowest BCUT2D eigenvalue weighted by Gasteiger charge is -2.07. The molecule has 0 aromatic carbocycles. The Bertz CT molecular complexity index is 139. The summed E-state index contributed by atoms with van der Waals surface area (Å²) in [6.07, 6.45) is 0. The van der Waals surface area contributed by atoms with Crippen LogP contribution in [0.2, 0.25) is 0 Å². The van der Waals surface area contributed by atoms with Gasteiger partial charge in [0, 0.05) is 12.3 Å². The van der Waals surface area contributed by atoms with E-state index >= 15 is 0 Å². The number of alkyl halides is 3. The van der Waals surface area contributed by atoms with Crippen LogP contribution in [-0.4, -0.2) is 21.1 Å². The van der Waals surface area contributed by atoms with Gasteiger partial charge < -0.3 is 0 Å². The van der Waals surface area contributed by atoms with Crippen LogP contribution in [0.1, 0.15) is 0 Å². The number of thioether (sulfide) groups is 1. The molecule has 0 bridgehead atoms. The molecule has 1 heterocycles. The molecule has 0 spiro atoms. The molecule has 1 aliphatic heterocycles. The number of hydrogen-bond donors (Lipinski definition) is 0. The van der Waals surface area contributed by atoms with Gasteiger partial charge >= 0.3 is 0 Å². The fourth-order valence-corrected chi connectivity index (χ4v) is 1.90. The molecule has 0 saturated heterocycles. The van der Waals surface area contributed by atoms with E-state index in [1.54, 1.807) is 0 Å². The second-order valence-electron chi connectivity index (χ2n) is 1.53. The van der Waals surface area contributed by atoms with E-state index in [1.165, 1.54) is 11.8 Å². The molecule has 0 saturated carbocycles. The lowest BCUT2D eigenvalue weighted by Crippen LogP contribution is -2.12. The molecule has 0 fully saturated rings. The van der Waals surface area contributed by atoms with Crippen LogP contribution in [0.3, 0.4) is 0 Å². The lowest BCUT2D eigenvalue weighted by atomic mass is 10.7. The van der Waals surface area contributed by atoms with Crippen molar-refractivity contribution in [2.45, 2.75) is 3.79 Å². The monoisotopic (exact) mass is 203 g/mol. The summed E-state index contributed by atoms with van der Waals surface area (Å²) < 4.78 is -1.29. The average Bonchev–Trinajstić information content (AvgIpc) is 2.08. The minimum atomic E-state index is -1.29. The van der Waals surface area contributed by atoms with Crippen molar-refractivity contribution in [3.63, 3.8) is 0 Å². The van der Waals surface area contributed by atoms with Gasteiger partial charge in [-0.3, -0.25) is 4.99 Å². The molecule has 1 aliphatic rings. The summed E-state index contributed by atoms with van der Waals surface area (Å²) in [5.41, 5.74) is 0. The van der Waals surface area contributed by atoms with E-state index in [4.69, 9.17) is 34.8 Å². The van der Waals surface area contributed by atoms with Crippen molar-refractivity contribution in [2.24, 2.45) is 4.99 Å². The maximum absolute atomic E-state index is 5.52. The Hall–Kier alpha value is 0.890. The first-order chi connectivity index (χ1) is 4.11. The van der Waals surface area contributed by atoms with Crippen LogP contribution >= 0.6 is 46.6 Å². The standard InChI is InChI=1S/C4H4Cl3NS/c5-4(6,7)3-8-1-2-9-3/h1-2H2. The van der Waals surface area contributed by atoms with Crippen LogP contribution in [0.4, 0.5) is 0 Å². The number of aliphatic imine (C=N–C) groups is 1. The Kier molecular flexibility index (Phi) is 2.55. The van der Waals surface area contributed by atoms with Gasteiger partial charge in [0.1, 0.15) is 5.04 Å². The second-order valence-corrected chi connectivity index (χ2v) is 4.90. The zero-order chi connectivity index (χ0) is 6.91. The third kappa shape index (κ3) is 2.19. The number of hydrogen-bond acceptors (Lipinski definition) is 2. The van der Waals surface area contributed by atoms with E-state index in [9.17, 15) is 0 Å². The topological polar surface area (TPSA) is 12.4 Å². The zero-order valence-electron chi connectivity index (χ0n) is 4.40. The summed E-state index contributed by atoms with van der Waals surface area (Å²) in [6.45, 7) is 0.772. The Balaban J connectivity index is 2.61. The molecule has 5 heteroatoms. The molecule has 0 atom stereocenters. The van der Waals surface area contributed by atoms with Crippen molar-refractivity contribution < 1.29 is 0 Å². The van der Waals surface area contributed by atoms with Gasteiger partial charge in [-0.25, -0.2) is 0 Å². The van der Waals surface area contributed by atoms with Gasteiger partial charge in [0.05, 0.1) is 0 Å². The average molecular weight is 205 g/mol. The highest BCUT2D eigenvalue weighted by Crippen LogP contribution is 2.35. The molecule has 0 unspecified atom stereocenters. The second kappa shape index (κ2) is 2.87. The Morgan fingerprint density at radius 3 is 2.33 bits per heavy atom. The molecule has 0 radical (unpaired) electrons. The lowest BCUT2D eigenvalue weighted by molar-refractivity contribution is 1.17. The van der Waals surface area contributed by atoms with Crippen molar-refractivity contribution in [2.75, 3.05) is 12.3 Å². The molecule has 0 aromatic rings. The van der Waals surface area contributed by atoms with E-state index < -0.39 is 3.79 Å². The van der Waals surface area contributed by atoms with E-state index in [0.717, 1.165) is 12.3 Å². The minimum Gasteiger partial charge on any atom is -0.277 e. The molecule has 0 aromatic heterocycles. The van der Waals surface area contributed by atoms with Gasteiger partial charge in [-0.2, -0.15) is 0 Å². The highest BCUT2D eigenvalue weighted by molar-refractivity contribution is 8.14. The van der Waals surface area contributed by atoms with Gasteiger partial charge in [0.25, 0.3) is 0 Å². The van der Waals surface area contributed by atoms with Gasteiger partial charge in [0.15, 0.2) is 0 Å². The predicted octanol–water partition coefficient (Wildman–Crippen LogP) is 2.50. The molecule has 0 N–H and O–H groups in total. The maximum atomic E-state index is 5.52. The first-order valence-electron chi connectivity index (χ1n) is 2.35. The summed E-state index contributed by atoms with van der Waals surface area (Å²) in [5, 5.41) is 0.618. The Morgan fingerprint density at radius 1 is 1.44 bits per heavy atom. The summed E-state index contributed by atoms with van der Waals surface area (Å²) >= 11 is 18.1. The van der Waals surface area contributed by atoms with E-state index in [0.29, 0.717) is 5.04 Å². The van der Waals surface area contributed by atoms with Crippen LogP contribution in [-0.2, 0) is 0 Å². The van der Waals surface area contributed by atoms with Crippen molar-refractivity contribution in [3.8, 4) is 0 Å². The zero-order valence-corrected chi connectivity index (χ0v) is 7.49. The van der Waals surface area contributed by atoms with E-state index in [2.05, 4.69) is 4.99 Å². The molecule has 0 amide bonds. The Morgan fingerprint density at radius 2 is 2.11 bits per heavy atom. The van der Waals surface area contributed by atoms with E-state index in [1.807, 2.05) is 0 Å². The summed E-state index contributed by atoms with van der Waals surface area (Å²) in [5.74, 6) is 0.934. The highest BCUT2D eigenvalue weighted by atomic mass is 35.6. The third-order valence-electron chi connectivity index (χ3n) is 0.828. The molecular formula is C4H4Cl3NS. The number of halogens is 3. The van der Waals surface area contributed by atoms with Crippen molar-refractivity contribution in [1.29, 1.82) is 0 Å². The Labute approximate surface area is 72.8 Å². The fourth-order valence-electron chi connectivity index (χ4n) is 0.507. The summed E-state index contributed by atoms with van der Waals surface area (Å²) in [7, 11) is 0. The molecular weight excluding hydrogens is 200 g/mol. The number of rotatable bonds is 0. The summed E-state index contributed by atoms with van der Waals surface area (Å²) in [6, 6.07) is 0. The van der Waals surface area contributed by atoms with Crippen molar-refractivity contribution >= 4 is 51.6 Å². The van der Waals surface area contributed by atoms with E-state index in [-0.39, 0.29) is 0 Å². The van der Waals surface area contributed by atoms with Crippen molar-refractivity contribution in [3.05, 3.63) is 0 Å². The predicted molar refractivity (Wildman–Crippen MR) is 45.1 cm³/mol. The maximum Gasteiger partial charge on any atom is 0.238 e. The third-order valence-corrected chi connectivity index (χ3v) is 2.80. The van der Waals surface area contributed by atoms with Gasteiger partial charge in [-0.05, 0) is 0 Å². The smallest absolute Gasteiger partial charge is 0.238 e. The van der Waals surface area contributed by atoms with Crippen LogP contribution in [0.5, 0.6) is 0 Å². The van der Waals surface area contributed by atoms with Gasteiger partial charge in [-0.1, -0.05) is 34.8 Å². The van der Waals surface area contributed by atoms with Gasteiger partial charge in [0.2, 0.25) is 3.79 Å². The summed E-state index contributed by atoms with van der Waals surface area (Å²) in [4.78, 5) is 3.99. The molecule has 9 heavy (non-hydrogen) atoms. The normalized spacial score (nSPS) is 20.1. The SMILES string of the molecule is ClC(Cl)(Cl)C1=NCCS1. The minimum absolute atomic E-state index is 0.618. The quantitative estimate of drug-likeness (QED) is 0.552. The first-order valence-corrected chi connectivity index (χ1v) is 4.47. The molecule has 1 rings (SSSR count). The molecule has 0 aliphatic carbocycles. The fraction of sp³-hybridized carbons (Fsp3) is 0.750. The largest absolute Gasteiger partial charge is 0.277 e. The first kappa shape index (κ1) is 7.99. The molecule has 1 nitrogen and oxygen atoms in total. The van der Waals surface area contributed by atoms with Gasteiger partial charge in [-0.15, -0.1) is 11.8 Å². The highest BCUT2D eigenvalue weighted by Gasteiger charge is 2.29.